The lowest BCUT2D eigenvalue weighted by Crippen LogP contribution is -2.45. The van der Waals surface area contributed by atoms with Crippen LogP contribution in [-0.4, -0.2) is 58.6 Å². The van der Waals surface area contributed by atoms with Crippen molar-refractivity contribution in [2.75, 3.05) is 0 Å². The van der Waals surface area contributed by atoms with Crippen molar-refractivity contribution < 1.29 is 38.5 Å². The molecule has 196 valence electrons. The summed E-state index contributed by atoms with van der Waals surface area (Å²) in [4.78, 5) is 51.6. The van der Waals surface area contributed by atoms with Crippen LogP contribution in [0.15, 0.2) is 30.5 Å². The van der Waals surface area contributed by atoms with Gasteiger partial charge < -0.3 is 35.4 Å². The van der Waals surface area contributed by atoms with Crippen LogP contribution in [0.5, 0.6) is 0 Å². The fraction of sp³-hybridized carbons (Fsp3) is 0.520. The average Bonchev–Trinajstić information content (AvgIpc) is 3.25. The van der Waals surface area contributed by atoms with Gasteiger partial charge in [0.1, 0.15) is 18.2 Å². The summed E-state index contributed by atoms with van der Waals surface area (Å²) in [7, 11) is 0. The number of aliphatic carboxylic acids is 1. The highest BCUT2D eigenvalue weighted by Gasteiger charge is 2.28. The molecular formula is C25H33N3O8. The molecule has 2 unspecified atom stereocenters. The molecule has 11 nitrogen and oxygen atoms in total. The summed E-state index contributed by atoms with van der Waals surface area (Å²) >= 11 is 0. The highest BCUT2D eigenvalue weighted by Crippen LogP contribution is 2.22. The lowest BCUT2D eigenvalue weighted by atomic mass is 9.98. The van der Waals surface area contributed by atoms with E-state index in [-0.39, 0.29) is 25.4 Å². The summed E-state index contributed by atoms with van der Waals surface area (Å²) in [6, 6.07) is 5.17. The molecule has 1 aliphatic rings. The van der Waals surface area contributed by atoms with Crippen LogP contribution < -0.4 is 11.1 Å². The Morgan fingerprint density at radius 3 is 2.58 bits per heavy atom. The molecular weight excluding hydrogens is 470 g/mol. The first-order valence-corrected chi connectivity index (χ1v) is 12.1. The van der Waals surface area contributed by atoms with Crippen LogP contribution in [-0.2, 0) is 35.0 Å². The van der Waals surface area contributed by atoms with Crippen molar-refractivity contribution in [3.63, 3.8) is 0 Å². The molecule has 2 aromatic rings. The Labute approximate surface area is 208 Å². The fourth-order valence-electron chi connectivity index (χ4n) is 4.14. The van der Waals surface area contributed by atoms with Crippen LogP contribution in [0, 0.1) is 0 Å². The molecule has 1 aliphatic carbocycles. The van der Waals surface area contributed by atoms with Crippen molar-refractivity contribution in [3.8, 4) is 0 Å². The van der Waals surface area contributed by atoms with Crippen LogP contribution in [0.1, 0.15) is 57.4 Å². The topological polar surface area (TPSA) is 170 Å². The van der Waals surface area contributed by atoms with Gasteiger partial charge in [0.15, 0.2) is 0 Å². The number of H-pyrrole nitrogens is 1. The zero-order valence-corrected chi connectivity index (χ0v) is 20.2. The maximum atomic E-state index is 13.0. The van der Waals surface area contributed by atoms with E-state index < -0.39 is 42.4 Å². The van der Waals surface area contributed by atoms with Crippen LogP contribution in [0.4, 0.5) is 4.79 Å². The first kappa shape index (κ1) is 27.0. The average molecular weight is 504 g/mol. The molecule has 1 heterocycles. The number of rotatable bonds is 11. The second-order valence-electron chi connectivity index (χ2n) is 8.92. The third-order valence-corrected chi connectivity index (χ3v) is 6.08. The summed E-state index contributed by atoms with van der Waals surface area (Å²) in [5.41, 5.74) is 7.10. The van der Waals surface area contributed by atoms with Gasteiger partial charge in [-0.1, -0.05) is 24.6 Å². The Hall–Kier alpha value is -3.60. The number of nitrogens with two attached hydrogens (primary N) is 1. The van der Waals surface area contributed by atoms with E-state index >= 15 is 0 Å². The summed E-state index contributed by atoms with van der Waals surface area (Å²) in [6.07, 6.45) is 3.80. The Balaban J connectivity index is 1.62. The number of amides is 1. The number of ether oxygens (including phenoxy) is 3. The highest BCUT2D eigenvalue weighted by molar-refractivity contribution is 5.87. The smallest absolute Gasteiger partial charge is 0.480 e. The summed E-state index contributed by atoms with van der Waals surface area (Å²) in [5, 5.41) is 12.4. The van der Waals surface area contributed by atoms with Gasteiger partial charge in [-0.25, -0.2) is 9.59 Å². The lowest BCUT2D eigenvalue weighted by molar-refractivity contribution is -0.172. The molecule has 0 bridgehead atoms. The van der Waals surface area contributed by atoms with Gasteiger partial charge >= 0.3 is 18.1 Å². The van der Waals surface area contributed by atoms with Gasteiger partial charge in [0.25, 0.3) is 0 Å². The van der Waals surface area contributed by atoms with Crippen molar-refractivity contribution in [2.45, 2.75) is 82.8 Å². The maximum absolute atomic E-state index is 13.0. The Kier molecular flexibility index (Phi) is 9.69. The molecule has 0 spiro atoms. The Bertz CT molecular complexity index is 1060. The maximum Gasteiger partial charge on any atom is 0.511 e. The van der Waals surface area contributed by atoms with E-state index in [1.165, 1.54) is 6.92 Å². The molecule has 0 aliphatic heterocycles. The van der Waals surface area contributed by atoms with Crippen molar-refractivity contribution in [1.82, 2.24) is 10.3 Å². The highest BCUT2D eigenvalue weighted by atomic mass is 16.8. The molecule has 11 heteroatoms. The number of benzene rings is 1. The molecule has 3 atom stereocenters. The van der Waals surface area contributed by atoms with E-state index in [1.54, 1.807) is 6.20 Å². The number of carbonyl (C=O) groups is 4. The third kappa shape index (κ3) is 7.98. The van der Waals surface area contributed by atoms with Gasteiger partial charge in [-0.3, -0.25) is 9.59 Å². The monoisotopic (exact) mass is 503 g/mol. The number of nitrogens with one attached hydrogen (secondary N) is 2. The number of carboxylic acids is 1. The minimum Gasteiger partial charge on any atom is -0.480 e. The predicted octanol–water partition coefficient (Wildman–Crippen LogP) is 2.76. The molecule has 0 radical (unpaired) electrons. The van der Waals surface area contributed by atoms with Gasteiger partial charge in [-0.05, 0) is 43.7 Å². The number of carbonyl (C=O) groups excluding carboxylic acids is 3. The van der Waals surface area contributed by atoms with E-state index in [0.717, 1.165) is 48.6 Å². The second kappa shape index (κ2) is 12.9. The molecule has 3 rings (SSSR count). The van der Waals surface area contributed by atoms with Crippen LogP contribution in [0.25, 0.3) is 10.9 Å². The van der Waals surface area contributed by atoms with E-state index in [2.05, 4.69) is 10.3 Å². The van der Waals surface area contributed by atoms with Crippen LogP contribution in [0.3, 0.4) is 0 Å². The van der Waals surface area contributed by atoms with Gasteiger partial charge in [0, 0.05) is 36.9 Å². The van der Waals surface area contributed by atoms with E-state index in [0.29, 0.717) is 0 Å². The van der Waals surface area contributed by atoms with Crippen LogP contribution >= 0.6 is 0 Å². The molecule has 1 saturated carbocycles. The minimum atomic E-state index is -1.24. The predicted molar refractivity (Wildman–Crippen MR) is 129 cm³/mol. The third-order valence-electron chi connectivity index (χ3n) is 6.08. The van der Waals surface area contributed by atoms with E-state index in [9.17, 15) is 19.2 Å². The fourth-order valence-corrected chi connectivity index (χ4v) is 4.14. The van der Waals surface area contributed by atoms with Gasteiger partial charge in [-0.15, -0.1) is 0 Å². The van der Waals surface area contributed by atoms with Crippen molar-refractivity contribution >= 4 is 34.9 Å². The number of fused-ring (bicyclic) bond motifs is 1. The number of aromatic amines is 1. The second-order valence-corrected chi connectivity index (χ2v) is 8.92. The molecule has 1 amide bonds. The summed E-state index contributed by atoms with van der Waals surface area (Å²) < 4.78 is 15.7. The number of hydrogen-bond donors (Lipinski definition) is 4. The summed E-state index contributed by atoms with van der Waals surface area (Å²) in [5.74, 6) is -2.59. The van der Waals surface area contributed by atoms with Crippen LogP contribution in [0.2, 0.25) is 0 Å². The number of aromatic nitrogens is 1. The zero-order valence-electron chi connectivity index (χ0n) is 20.2. The molecule has 1 aromatic carbocycles. The zero-order chi connectivity index (χ0) is 26.1. The van der Waals surface area contributed by atoms with Gasteiger partial charge in [0.05, 0.1) is 0 Å². The van der Waals surface area contributed by atoms with E-state index in [4.69, 9.17) is 25.1 Å². The molecule has 1 fully saturated rings. The first-order valence-electron chi connectivity index (χ1n) is 12.1. The number of esters is 1. The quantitative estimate of drug-likeness (QED) is 0.266. The Morgan fingerprint density at radius 2 is 1.86 bits per heavy atom. The number of carboxylic acid groups (broad SMARTS) is 1. The SMILES string of the molecule is CC(OC(=O)OC1CCCCC1)OC(=O)C(Cc1c[nH]c2ccccc12)NC(=O)CC[C@@H](N)C(=O)O. The molecule has 5 N–H and O–H groups in total. The Morgan fingerprint density at radius 1 is 1.14 bits per heavy atom. The van der Waals surface area contributed by atoms with Crippen molar-refractivity contribution in [2.24, 2.45) is 5.73 Å². The van der Waals surface area contributed by atoms with Gasteiger partial charge in [-0.2, -0.15) is 0 Å². The van der Waals surface area contributed by atoms with E-state index in [1.807, 2.05) is 24.3 Å². The molecule has 36 heavy (non-hydrogen) atoms. The van der Waals surface area contributed by atoms with Crippen molar-refractivity contribution in [1.29, 1.82) is 0 Å². The molecule has 1 aromatic heterocycles. The standard InChI is InChI=1S/C25H33N3O8/c1-15(35-25(33)36-17-7-3-2-4-8-17)34-24(32)21(28-22(29)12-11-19(26)23(30)31)13-16-14-27-20-10-6-5-9-18(16)20/h5-6,9-10,14-15,17,19,21,27H,2-4,7-8,11-13,26H2,1H3,(H,28,29)(H,30,31)/t15?,19-,21?/m1/s1. The normalized spacial score (nSPS) is 16.5. The summed E-state index contributed by atoms with van der Waals surface area (Å²) in [6.45, 7) is 1.39. The lowest BCUT2D eigenvalue weighted by Gasteiger charge is -2.23. The van der Waals surface area contributed by atoms with Gasteiger partial charge in [0.2, 0.25) is 12.2 Å². The van der Waals surface area contributed by atoms with Crippen molar-refractivity contribution in [3.05, 3.63) is 36.0 Å². The number of para-hydroxylation sites is 1. The minimum absolute atomic E-state index is 0.0947. The first-order chi connectivity index (χ1) is 17.2. The number of hydrogen-bond acceptors (Lipinski definition) is 8. The molecule has 0 saturated heterocycles. The largest absolute Gasteiger partial charge is 0.511 e.